The fourth-order valence-electron chi connectivity index (χ4n) is 4.78. The molecule has 5 rings (SSSR count). The van der Waals surface area contributed by atoms with Crippen LogP contribution >= 0.6 is 0 Å². The van der Waals surface area contributed by atoms with E-state index < -0.39 is 0 Å². The van der Waals surface area contributed by atoms with Gasteiger partial charge in [0.25, 0.3) is 0 Å². The zero-order valence-corrected chi connectivity index (χ0v) is 20.7. The minimum Gasteiger partial charge on any atom is -0.377 e. The maximum atomic E-state index is 12.1. The number of anilines is 2. The van der Waals surface area contributed by atoms with E-state index in [0.29, 0.717) is 19.3 Å². The molecule has 34 heavy (non-hydrogen) atoms. The SMILES string of the molecule is C[C@H]1COCCN1c1nc(-c2ccc(NC(=O)NC3CC3)cc2)nc2c1CN(CC(C)(C)C)C2. The molecule has 1 saturated heterocycles. The first-order valence-corrected chi connectivity index (χ1v) is 12.4. The number of amides is 2. The van der Waals surface area contributed by atoms with E-state index in [2.05, 4.69) is 48.1 Å². The van der Waals surface area contributed by atoms with Gasteiger partial charge >= 0.3 is 6.03 Å². The van der Waals surface area contributed by atoms with E-state index in [1.807, 2.05) is 24.3 Å². The number of hydrogen-bond acceptors (Lipinski definition) is 6. The number of nitrogens with zero attached hydrogens (tertiary/aromatic N) is 4. The van der Waals surface area contributed by atoms with Crippen molar-refractivity contribution in [2.24, 2.45) is 5.41 Å². The monoisotopic (exact) mass is 464 g/mol. The lowest BCUT2D eigenvalue weighted by Gasteiger charge is -2.35. The molecule has 0 spiro atoms. The predicted octanol–water partition coefficient (Wildman–Crippen LogP) is 4.01. The molecular formula is C26H36N6O2. The summed E-state index contributed by atoms with van der Waals surface area (Å²) in [5.74, 6) is 1.78. The summed E-state index contributed by atoms with van der Waals surface area (Å²) < 4.78 is 5.69. The van der Waals surface area contributed by atoms with Gasteiger partial charge in [-0.2, -0.15) is 0 Å². The zero-order chi connectivity index (χ0) is 23.9. The third-order valence-electron chi connectivity index (χ3n) is 6.48. The standard InChI is InChI=1S/C26H36N6O2/c1-17-15-34-12-11-32(17)24-21-13-31(16-26(2,3)4)14-22(21)29-23(30-24)18-5-7-19(8-6-18)27-25(33)28-20-9-10-20/h5-8,17,20H,9-16H2,1-4H3,(H2,27,28,33)/t17-/m0/s1. The van der Waals surface area contributed by atoms with Crippen LogP contribution in [0.3, 0.4) is 0 Å². The molecule has 1 aromatic carbocycles. The fourth-order valence-corrected chi connectivity index (χ4v) is 4.78. The normalized spacial score (nSPS) is 20.8. The third kappa shape index (κ3) is 5.33. The van der Waals surface area contributed by atoms with Gasteiger partial charge in [0.05, 0.1) is 24.9 Å². The second kappa shape index (κ2) is 9.15. The van der Waals surface area contributed by atoms with E-state index in [1.165, 1.54) is 5.56 Å². The molecule has 2 aliphatic heterocycles. The van der Waals surface area contributed by atoms with E-state index in [4.69, 9.17) is 14.7 Å². The number of fused-ring (bicyclic) bond motifs is 1. The van der Waals surface area contributed by atoms with Crippen molar-refractivity contribution in [1.82, 2.24) is 20.2 Å². The average Bonchev–Trinajstić information content (AvgIpc) is 3.49. The minimum atomic E-state index is -0.147. The van der Waals surface area contributed by atoms with Crippen molar-refractivity contribution in [2.75, 3.05) is 36.5 Å². The van der Waals surface area contributed by atoms with E-state index in [9.17, 15) is 4.79 Å². The molecule has 1 atom stereocenters. The Kier molecular flexibility index (Phi) is 6.20. The molecule has 182 valence electrons. The molecule has 2 fully saturated rings. The van der Waals surface area contributed by atoms with Crippen molar-refractivity contribution < 1.29 is 9.53 Å². The van der Waals surface area contributed by atoms with Gasteiger partial charge in [0.1, 0.15) is 5.82 Å². The lowest BCUT2D eigenvalue weighted by molar-refractivity contribution is 0.0984. The molecule has 8 nitrogen and oxygen atoms in total. The summed E-state index contributed by atoms with van der Waals surface area (Å²) in [5, 5.41) is 5.86. The number of benzene rings is 1. The Morgan fingerprint density at radius 3 is 2.59 bits per heavy atom. The second-order valence-corrected chi connectivity index (χ2v) is 11.1. The maximum Gasteiger partial charge on any atom is 0.319 e. The number of aromatic nitrogens is 2. The Hall–Kier alpha value is -2.71. The summed E-state index contributed by atoms with van der Waals surface area (Å²) in [6, 6.07) is 8.27. The molecule has 2 N–H and O–H groups in total. The number of nitrogens with one attached hydrogen (secondary N) is 2. The molecular weight excluding hydrogens is 428 g/mol. The van der Waals surface area contributed by atoms with Crippen LogP contribution < -0.4 is 15.5 Å². The molecule has 0 unspecified atom stereocenters. The highest BCUT2D eigenvalue weighted by Gasteiger charge is 2.32. The van der Waals surface area contributed by atoms with E-state index >= 15 is 0 Å². The van der Waals surface area contributed by atoms with Gasteiger partial charge in [0.2, 0.25) is 0 Å². The number of rotatable bonds is 5. The van der Waals surface area contributed by atoms with Crippen LogP contribution in [-0.2, 0) is 17.8 Å². The van der Waals surface area contributed by atoms with Gasteiger partial charge in [-0.25, -0.2) is 14.8 Å². The number of carbonyl (C=O) groups is 1. The van der Waals surface area contributed by atoms with Crippen LogP contribution in [0.15, 0.2) is 24.3 Å². The van der Waals surface area contributed by atoms with Crippen molar-refractivity contribution >= 4 is 17.5 Å². The van der Waals surface area contributed by atoms with Crippen LogP contribution in [0.5, 0.6) is 0 Å². The summed E-state index contributed by atoms with van der Waals surface area (Å²) in [5.41, 5.74) is 4.30. The van der Waals surface area contributed by atoms with Crippen LogP contribution in [0, 0.1) is 5.41 Å². The van der Waals surface area contributed by atoms with Crippen molar-refractivity contribution in [1.29, 1.82) is 0 Å². The fraction of sp³-hybridized carbons (Fsp3) is 0.577. The highest BCUT2D eigenvalue weighted by Crippen LogP contribution is 2.35. The highest BCUT2D eigenvalue weighted by atomic mass is 16.5. The zero-order valence-electron chi connectivity index (χ0n) is 20.7. The predicted molar refractivity (Wildman–Crippen MR) is 134 cm³/mol. The second-order valence-electron chi connectivity index (χ2n) is 11.1. The molecule has 0 bridgehead atoms. The Bertz CT molecular complexity index is 1040. The highest BCUT2D eigenvalue weighted by molar-refractivity contribution is 5.89. The molecule has 1 aromatic heterocycles. The van der Waals surface area contributed by atoms with Gasteiger partial charge in [-0.15, -0.1) is 0 Å². The van der Waals surface area contributed by atoms with Crippen LogP contribution in [-0.4, -0.2) is 59.3 Å². The van der Waals surface area contributed by atoms with Crippen LogP contribution in [0.25, 0.3) is 11.4 Å². The third-order valence-corrected chi connectivity index (χ3v) is 6.48. The van der Waals surface area contributed by atoms with E-state index in [0.717, 1.165) is 67.6 Å². The molecule has 3 aliphatic rings. The molecule has 2 aromatic rings. The Balaban J connectivity index is 1.42. The number of hydrogen-bond donors (Lipinski definition) is 2. The van der Waals surface area contributed by atoms with Gasteiger partial charge in [-0.05, 0) is 49.4 Å². The quantitative estimate of drug-likeness (QED) is 0.696. The number of morpholine rings is 1. The molecule has 2 amide bonds. The maximum absolute atomic E-state index is 12.1. The Morgan fingerprint density at radius 2 is 1.91 bits per heavy atom. The Morgan fingerprint density at radius 1 is 1.15 bits per heavy atom. The first-order valence-electron chi connectivity index (χ1n) is 12.4. The minimum absolute atomic E-state index is 0.147. The first kappa shape index (κ1) is 23.1. The molecule has 1 aliphatic carbocycles. The average molecular weight is 465 g/mol. The summed E-state index contributed by atoms with van der Waals surface area (Å²) in [6.45, 7) is 14.0. The van der Waals surface area contributed by atoms with E-state index in [-0.39, 0.29) is 17.5 Å². The number of carbonyl (C=O) groups excluding carboxylic acids is 1. The first-order chi connectivity index (χ1) is 16.2. The lowest BCUT2D eigenvalue weighted by Crippen LogP contribution is -2.44. The number of ether oxygens (including phenoxy) is 1. The van der Waals surface area contributed by atoms with Crippen molar-refractivity contribution in [3.05, 3.63) is 35.5 Å². The molecule has 1 saturated carbocycles. The van der Waals surface area contributed by atoms with Crippen LogP contribution in [0.2, 0.25) is 0 Å². The van der Waals surface area contributed by atoms with Crippen molar-refractivity contribution in [3.8, 4) is 11.4 Å². The Labute approximate surface area is 202 Å². The number of urea groups is 1. The van der Waals surface area contributed by atoms with Gasteiger partial charge in [-0.3, -0.25) is 4.90 Å². The van der Waals surface area contributed by atoms with Crippen LogP contribution in [0.1, 0.15) is 51.8 Å². The molecule has 3 heterocycles. The lowest BCUT2D eigenvalue weighted by atomic mass is 9.96. The summed E-state index contributed by atoms with van der Waals surface area (Å²) in [7, 11) is 0. The van der Waals surface area contributed by atoms with Crippen molar-refractivity contribution in [3.63, 3.8) is 0 Å². The largest absolute Gasteiger partial charge is 0.377 e. The van der Waals surface area contributed by atoms with Gasteiger partial charge in [0.15, 0.2) is 5.82 Å². The molecule has 0 radical (unpaired) electrons. The van der Waals surface area contributed by atoms with E-state index in [1.54, 1.807) is 0 Å². The summed E-state index contributed by atoms with van der Waals surface area (Å²) in [6.07, 6.45) is 2.14. The van der Waals surface area contributed by atoms with Gasteiger partial charge in [0, 0.05) is 49.0 Å². The summed E-state index contributed by atoms with van der Waals surface area (Å²) in [4.78, 5) is 27.0. The van der Waals surface area contributed by atoms with Gasteiger partial charge < -0.3 is 20.3 Å². The molecule has 8 heteroatoms. The van der Waals surface area contributed by atoms with Crippen LogP contribution in [0.4, 0.5) is 16.3 Å². The van der Waals surface area contributed by atoms with Gasteiger partial charge in [-0.1, -0.05) is 20.8 Å². The summed E-state index contributed by atoms with van der Waals surface area (Å²) >= 11 is 0. The van der Waals surface area contributed by atoms with Crippen molar-refractivity contribution in [2.45, 2.75) is 65.7 Å². The topological polar surface area (TPSA) is 82.6 Å². The smallest absolute Gasteiger partial charge is 0.319 e.